The predicted molar refractivity (Wildman–Crippen MR) is 138 cm³/mol. The van der Waals surface area contributed by atoms with E-state index in [1.807, 2.05) is 18.2 Å². The lowest BCUT2D eigenvalue weighted by molar-refractivity contribution is 0.388. The molecule has 7 N–H and O–H groups in total. The van der Waals surface area contributed by atoms with Crippen molar-refractivity contribution in [2.24, 2.45) is 5.92 Å². The summed E-state index contributed by atoms with van der Waals surface area (Å²) in [5.41, 5.74) is 13.2. The van der Waals surface area contributed by atoms with E-state index in [2.05, 4.69) is 46.1 Å². The Balaban J connectivity index is 1.41. The molecule has 1 fully saturated rings. The number of nitrogens with one attached hydrogen (secondary N) is 5. The molecule has 0 aromatic heterocycles. The molecule has 0 bridgehead atoms. The molecule has 2 aromatic rings. The second-order valence-electron chi connectivity index (χ2n) is 9.19. The number of likely N-dealkylation sites (tertiary alicyclic amines) is 1. The number of rotatable bonds is 9. The normalized spacial score (nSPS) is 20.4. The Bertz CT molecular complexity index is 1060. The third kappa shape index (κ3) is 5.26. The molecule has 2 aliphatic rings. The van der Waals surface area contributed by atoms with Gasteiger partial charge in [0.15, 0.2) is 0 Å². The highest BCUT2D eigenvalue weighted by Crippen LogP contribution is 2.30. The van der Waals surface area contributed by atoms with Crippen LogP contribution in [0.4, 0.5) is 11.4 Å². The molecule has 0 saturated carbocycles. The largest absolute Gasteiger partial charge is 0.398 e. The SMILES string of the molecule is CN/C=C(\C=N)c1ccc(N)c(C(=N)C2Cc3cc(CNCC4CCN(C)C4)ccc3N2)c1. The van der Waals surface area contributed by atoms with Crippen molar-refractivity contribution >= 4 is 28.9 Å². The zero-order valence-corrected chi connectivity index (χ0v) is 19.5. The molecule has 0 aliphatic carbocycles. The van der Waals surface area contributed by atoms with Crippen molar-refractivity contribution in [3.63, 3.8) is 0 Å². The topological polar surface area (TPSA) is 113 Å². The van der Waals surface area contributed by atoms with Crippen molar-refractivity contribution in [1.29, 1.82) is 10.8 Å². The van der Waals surface area contributed by atoms with Gasteiger partial charge < -0.3 is 37.4 Å². The van der Waals surface area contributed by atoms with Gasteiger partial charge in [0.2, 0.25) is 0 Å². The summed E-state index contributed by atoms with van der Waals surface area (Å²) in [6.07, 6.45) is 5.12. The first-order valence-electron chi connectivity index (χ1n) is 11.6. The Morgan fingerprint density at radius 2 is 2.12 bits per heavy atom. The summed E-state index contributed by atoms with van der Waals surface area (Å²) in [7, 11) is 4.00. The number of nitrogens with zero attached hydrogens (tertiary/aromatic N) is 1. The molecular formula is C26H35N7. The Hall–Kier alpha value is -3.16. The summed E-state index contributed by atoms with van der Waals surface area (Å²) < 4.78 is 0. The van der Waals surface area contributed by atoms with E-state index in [9.17, 15) is 0 Å². The van der Waals surface area contributed by atoms with Crippen LogP contribution in [0.15, 0.2) is 42.6 Å². The summed E-state index contributed by atoms with van der Waals surface area (Å²) >= 11 is 0. The van der Waals surface area contributed by atoms with Crippen molar-refractivity contribution in [1.82, 2.24) is 15.5 Å². The minimum atomic E-state index is -0.119. The smallest absolute Gasteiger partial charge is 0.0726 e. The molecule has 2 heterocycles. The lowest BCUT2D eigenvalue weighted by atomic mass is 9.95. The number of fused-ring (bicyclic) bond motifs is 1. The van der Waals surface area contributed by atoms with Gasteiger partial charge in [-0.25, -0.2) is 0 Å². The second-order valence-corrected chi connectivity index (χ2v) is 9.19. The van der Waals surface area contributed by atoms with Crippen LogP contribution < -0.4 is 21.7 Å². The number of hydrogen-bond acceptors (Lipinski definition) is 7. The van der Waals surface area contributed by atoms with Crippen LogP contribution in [0.2, 0.25) is 0 Å². The standard InChI is InChI=1S/C26H35N7/c1-30-15-21(12-27)19-4-5-23(28)22(10-19)26(29)25-11-20-9-17(3-6-24(20)32-25)13-31-14-18-7-8-33(2)16-18/h3-6,9-10,12,15,18,25,27,29-32H,7-8,11,13-14,16,28H2,1-2H3/b21-15+,27-12?,29-26?. The average molecular weight is 446 g/mol. The maximum atomic E-state index is 8.87. The van der Waals surface area contributed by atoms with E-state index < -0.39 is 0 Å². The molecule has 2 atom stereocenters. The fraction of sp³-hybridized carbons (Fsp3) is 0.385. The van der Waals surface area contributed by atoms with E-state index >= 15 is 0 Å². The fourth-order valence-electron chi connectivity index (χ4n) is 4.83. The summed E-state index contributed by atoms with van der Waals surface area (Å²) in [4.78, 5) is 2.40. The van der Waals surface area contributed by atoms with Gasteiger partial charge >= 0.3 is 0 Å². The van der Waals surface area contributed by atoms with E-state index in [0.29, 0.717) is 17.0 Å². The summed E-state index contributed by atoms with van der Waals surface area (Å²) in [6, 6.07) is 12.1. The van der Waals surface area contributed by atoms with E-state index in [1.165, 1.54) is 36.9 Å². The number of allylic oxidation sites excluding steroid dienone is 1. The van der Waals surface area contributed by atoms with Gasteiger partial charge in [0.1, 0.15) is 0 Å². The van der Waals surface area contributed by atoms with Gasteiger partial charge in [0.05, 0.1) is 11.8 Å². The van der Waals surface area contributed by atoms with Crippen LogP contribution >= 0.6 is 0 Å². The molecule has 4 rings (SSSR count). The van der Waals surface area contributed by atoms with Gasteiger partial charge in [0.25, 0.3) is 0 Å². The third-order valence-electron chi connectivity index (χ3n) is 6.66. The summed E-state index contributed by atoms with van der Waals surface area (Å²) in [6.45, 7) is 4.31. The van der Waals surface area contributed by atoms with E-state index in [-0.39, 0.29) is 6.04 Å². The first-order valence-corrected chi connectivity index (χ1v) is 11.6. The van der Waals surface area contributed by atoms with Crippen LogP contribution in [0.25, 0.3) is 5.57 Å². The Morgan fingerprint density at radius 1 is 1.27 bits per heavy atom. The molecule has 2 aliphatic heterocycles. The monoisotopic (exact) mass is 445 g/mol. The lowest BCUT2D eigenvalue weighted by Crippen LogP contribution is -2.28. The molecule has 2 aromatic carbocycles. The lowest BCUT2D eigenvalue weighted by Gasteiger charge is -2.16. The zero-order chi connectivity index (χ0) is 23.4. The maximum absolute atomic E-state index is 8.87. The van der Waals surface area contributed by atoms with Crippen molar-refractivity contribution in [3.8, 4) is 0 Å². The molecular weight excluding hydrogens is 410 g/mol. The second kappa shape index (κ2) is 10.2. The van der Waals surface area contributed by atoms with Crippen molar-refractivity contribution in [2.75, 3.05) is 44.8 Å². The summed E-state index contributed by atoms with van der Waals surface area (Å²) in [5, 5.41) is 26.6. The highest BCUT2D eigenvalue weighted by molar-refractivity contribution is 6.12. The molecule has 2 unspecified atom stereocenters. The minimum Gasteiger partial charge on any atom is -0.398 e. The first kappa shape index (κ1) is 23.0. The number of hydrogen-bond donors (Lipinski definition) is 6. The van der Waals surface area contributed by atoms with Crippen LogP contribution in [0.1, 0.15) is 28.7 Å². The maximum Gasteiger partial charge on any atom is 0.0726 e. The molecule has 7 nitrogen and oxygen atoms in total. The minimum absolute atomic E-state index is 0.119. The van der Waals surface area contributed by atoms with Crippen molar-refractivity contribution in [2.45, 2.75) is 25.4 Å². The molecule has 0 amide bonds. The number of benzene rings is 2. The summed E-state index contributed by atoms with van der Waals surface area (Å²) in [5.74, 6) is 0.744. The number of anilines is 2. The molecule has 0 spiro atoms. The van der Waals surface area contributed by atoms with Gasteiger partial charge in [-0.15, -0.1) is 0 Å². The predicted octanol–water partition coefficient (Wildman–Crippen LogP) is 2.92. The van der Waals surface area contributed by atoms with Crippen LogP contribution in [0, 0.1) is 16.7 Å². The Morgan fingerprint density at radius 3 is 2.85 bits per heavy atom. The van der Waals surface area contributed by atoms with Crippen LogP contribution in [0.3, 0.4) is 0 Å². The third-order valence-corrected chi connectivity index (χ3v) is 6.66. The highest BCUT2D eigenvalue weighted by atomic mass is 15.1. The Labute approximate surface area is 196 Å². The van der Waals surface area contributed by atoms with E-state index in [0.717, 1.165) is 42.3 Å². The fourth-order valence-corrected chi connectivity index (χ4v) is 4.83. The van der Waals surface area contributed by atoms with Crippen LogP contribution in [-0.4, -0.2) is 56.6 Å². The van der Waals surface area contributed by atoms with E-state index in [1.54, 1.807) is 13.2 Å². The van der Waals surface area contributed by atoms with Crippen LogP contribution in [-0.2, 0) is 13.0 Å². The molecule has 174 valence electrons. The molecule has 7 heteroatoms. The van der Waals surface area contributed by atoms with Gasteiger partial charge in [-0.3, -0.25) is 0 Å². The van der Waals surface area contributed by atoms with Crippen LogP contribution in [0.5, 0.6) is 0 Å². The first-order chi connectivity index (χ1) is 16.0. The Kier molecular flexibility index (Phi) is 7.11. The van der Waals surface area contributed by atoms with Gasteiger partial charge in [0, 0.05) is 61.5 Å². The van der Waals surface area contributed by atoms with Gasteiger partial charge in [-0.05, 0) is 67.4 Å². The number of nitrogen functional groups attached to an aromatic ring is 1. The van der Waals surface area contributed by atoms with Crippen molar-refractivity contribution in [3.05, 3.63) is 64.9 Å². The van der Waals surface area contributed by atoms with Gasteiger partial charge in [-0.2, -0.15) is 0 Å². The average Bonchev–Trinajstić information content (AvgIpc) is 3.43. The highest BCUT2D eigenvalue weighted by Gasteiger charge is 2.26. The van der Waals surface area contributed by atoms with Gasteiger partial charge in [-0.1, -0.05) is 18.2 Å². The van der Waals surface area contributed by atoms with E-state index in [4.69, 9.17) is 16.6 Å². The van der Waals surface area contributed by atoms with Crippen molar-refractivity contribution < 1.29 is 0 Å². The zero-order valence-electron chi connectivity index (χ0n) is 19.5. The molecule has 0 radical (unpaired) electrons. The molecule has 33 heavy (non-hydrogen) atoms. The number of nitrogens with two attached hydrogens (primary N) is 1. The quantitative estimate of drug-likeness (QED) is 0.262. The molecule has 1 saturated heterocycles.